The molecule has 26 heavy (non-hydrogen) atoms. The van der Waals surface area contributed by atoms with Crippen molar-refractivity contribution in [1.29, 1.82) is 0 Å². The van der Waals surface area contributed by atoms with Gasteiger partial charge in [-0.2, -0.15) is 0 Å². The monoisotopic (exact) mass is 351 g/mol. The number of hydrogen-bond donors (Lipinski definition) is 2. The molecule has 2 aliphatic heterocycles. The summed E-state index contributed by atoms with van der Waals surface area (Å²) >= 11 is 0. The number of pyridine rings is 1. The van der Waals surface area contributed by atoms with E-state index >= 15 is 0 Å². The molecular weight excluding hydrogens is 326 g/mol. The quantitative estimate of drug-likeness (QED) is 0.884. The van der Waals surface area contributed by atoms with Gasteiger partial charge in [0.25, 0.3) is 0 Å². The van der Waals surface area contributed by atoms with Gasteiger partial charge in [-0.1, -0.05) is 0 Å². The van der Waals surface area contributed by atoms with Crippen molar-refractivity contribution in [3.05, 3.63) is 46.8 Å². The minimum atomic E-state index is 0.193. The van der Waals surface area contributed by atoms with E-state index in [-0.39, 0.29) is 5.75 Å². The Labute approximate surface area is 154 Å². The van der Waals surface area contributed by atoms with Crippen molar-refractivity contribution in [1.82, 2.24) is 9.88 Å². The smallest absolute Gasteiger partial charge is 0.146 e. The highest BCUT2D eigenvalue weighted by molar-refractivity contribution is 6.09. The molecule has 0 atom stereocenters. The SMILES string of the molecule is Cc1ncc(CN)c(C2=Nc3ccc(N4CCN(C)CC4)cc3C2)c1O. The van der Waals surface area contributed by atoms with Gasteiger partial charge in [0.15, 0.2) is 0 Å². The fraction of sp³-hybridized carbons (Fsp3) is 0.400. The van der Waals surface area contributed by atoms with Crippen LogP contribution >= 0.6 is 0 Å². The van der Waals surface area contributed by atoms with Gasteiger partial charge < -0.3 is 20.6 Å². The van der Waals surface area contributed by atoms with Gasteiger partial charge in [-0.25, -0.2) is 0 Å². The van der Waals surface area contributed by atoms with E-state index in [4.69, 9.17) is 10.7 Å². The summed E-state index contributed by atoms with van der Waals surface area (Å²) in [6.07, 6.45) is 2.45. The van der Waals surface area contributed by atoms with Gasteiger partial charge in [-0.15, -0.1) is 0 Å². The highest BCUT2D eigenvalue weighted by Crippen LogP contribution is 2.35. The molecule has 1 fully saturated rings. The molecule has 0 bridgehead atoms. The lowest BCUT2D eigenvalue weighted by molar-refractivity contribution is 0.313. The van der Waals surface area contributed by atoms with Crippen LogP contribution in [0, 0.1) is 6.92 Å². The maximum absolute atomic E-state index is 10.5. The van der Waals surface area contributed by atoms with E-state index < -0.39 is 0 Å². The molecule has 4 rings (SSSR count). The minimum absolute atomic E-state index is 0.193. The number of fused-ring (bicyclic) bond motifs is 1. The van der Waals surface area contributed by atoms with E-state index in [1.165, 1.54) is 11.3 Å². The van der Waals surface area contributed by atoms with Crippen molar-refractivity contribution in [2.75, 3.05) is 38.1 Å². The van der Waals surface area contributed by atoms with Gasteiger partial charge in [-0.05, 0) is 43.3 Å². The molecular formula is C20H25N5O. The number of aliphatic imine (C=N–C) groups is 1. The second kappa shape index (κ2) is 6.70. The normalized spacial score (nSPS) is 17.3. The lowest BCUT2D eigenvalue weighted by Gasteiger charge is -2.34. The Morgan fingerprint density at radius 3 is 2.69 bits per heavy atom. The number of piperazine rings is 1. The molecule has 2 aromatic rings. The zero-order valence-corrected chi connectivity index (χ0v) is 15.4. The number of nitrogens with zero attached hydrogens (tertiary/aromatic N) is 4. The third-order valence-electron chi connectivity index (χ3n) is 5.37. The van der Waals surface area contributed by atoms with E-state index in [2.05, 4.69) is 40.0 Å². The zero-order valence-electron chi connectivity index (χ0n) is 15.4. The van der Waals surface area contributed by atoms with Crippen LogP contribution in [0.15, 0.2) is 29.4 Å². The van der Waals surface area contributed by atoms with Crippen LogP contribution in [-0.2, 0) is 13.0 Å². The molecule has 6 heteroatoms. The Hall–Kier alpha value is -2.44. The molecule has 6 nitrogen and oxygen atoms in total. The topological polar surface area (TPSA) is 78.0 Å². The molecule has 3 heterocycles. The predicted molar refractivity (Wildman–Crippen MR) is 105 cm³/mol. The molecule has 136 valence electrons. The molecule has 1 saturated heterocycles. The summed E-state index contributed by atoms with van der Waals surface area (Å²) < 4.78 is 0. The number of nitrogens with two attached hydrogens (primary N) is 1. The Balaban J connectivity index is 1.63. The maximum atomic E-state index is 10.5. The van der Waals surface area contributed by atoms with Gasteiger partial charge in [0.1, 0.15) is 5.75 Å². The highest BCUT2D eigenvalue weighted by atomic mass is 16.3. The van der Waals surface area contributed by atoms with Crippen LogP contribution in [0.2, 0.25) is 0 Å². The van der Waals surface area contributed by atoms with Gasteiger partial charge in [-0.3, -0.25) is 9.98 Å². The molecule has 0 aliphatic carbocycles. The van der Waals surface area contributed by atoms with Crippen molar-refractivity contribution in [3.8, 4) is 5.75 Å². The largest absolute Gasteiger partial charge is 0.505 e. The van der Waals surface area contributed by atoms with E-state index in [1.54, 1.807) is 13.1 Å². The number of rotatable bonds is 3. The van der Waals surface area contributed by atoms with E-state index in [9.17, 15) is 5.11 Å². The molecule has 1 aromatic heterocycles. The molecule has 0 spiro atoms. The number of anilines is 1. The van der Waals surface area contributed by atoms with Crippen LogP contribution in [0.25, 0.3) is 0 Å². The van der Waals surface area contributed by atoms with Crippen molar-refractivity contribution in [3.63, 3.8) is 0 Å². The molecule has 0 amide bonds. The van der Waals surface area contributed by atoms with Crippen LogP contribution in [0.1, 0.15) is 22.4 Å². The summed E-state index contributed by atoms with van der Waals surface area (Å²) in [6, 6.07) is 6.48. The first-order valence-electron chi connectivity index (χ1n) is 9.08. The first kappa shape index (κ1) is 17.0. The number of likely N-dealkylation sites (N-methyl/N-ethyl adjacent to an activating group) is 1. The van der Waals surface area contributed by atoms with Crippen LogP contribution < -0.4 is 10.6 Å². The number of aryl methyl sites for hydroxylation is 1. The first-order chi connectivity index (χ1) is 12.6. The second-order valence-electron chi connectivity index (χ2n) is 7.14. The number of hydrogen-bond acceptors (Lipinski definition) is 6. The third kappa shape index (κ3) is 2.95. The summed E-state index contributed by atoms with van der Waals surface area (Å²) in [7, 11) is 2.17. The van der Waals surface area contributed by atoms with Crippen LogP contribution in [0.3, 0.4) is 0 Å². The Kier molecular flexibility index (Phi) is 4.38. The summed E-state index contributed by atoms with van der Waals surface area (Å²) in [5.41, 5.74) is 12.4. The fourth-order valence-electron chi connectivity index (χ4n) is 3.70. The summed E-state index contributed by atoms with van der Waals surface area (Å²) in [5, 5.41) is 10.5. The molecule has 3 N–H and O–H groups in total. The number of aromatic nitrogens is 1. The summed E-state index contributed by atoms with van der Waals surface area (Å²) in [6.45, 7) is 6.40. The standard InChI is InChI=1S/C20H25N5O/c1-13-20(26)19(15(11-21)12-22-13)18-10-14-9-16(3-4-17(14)23-18)25-7-5-24(2)6-8-25/h3-4,9,12,26H,5-8,10-11,21H2,1-2H3. The zero-order chi connectivity index (χ0) is 18.3. The molecule has 1 aromatic carbocycles. The molecule has 0 unspecified atom stereocenters. The fourth-order valence-corrected chi connectivity index (χ4v) is 3.70. The van der Waals surface area contributed by atoms with Crippen LogP contribution in [0.4, 0.5) is 11.4 Å². The Bertz CT molecular complexity index is 869. The molecule has 0 radical (unpaired) electrons. The molecule has 0 saturated carbocycles. The number of benzene rings is 1. The van der Waals surface area contributed by atoms with E-state index in [0.717, 1.165) is 48.7 Å². The van der Waals surface area contributed by atoms with Crippen molar-refractivity contribution in [2.24, 2.45) is 10.7 Å². The average molecular weight is 351 g/mol. The lowest BCUT2D eigenvalue weighted by Crippen LogP contribution is -2.44. The Morgan fingerprint density at radius 1 is 1.19 bits per heavy atom. The van der Waals surface area contributed by atoms with E-state index in [0.29, 0.717) is 18.7 Å². The van der Waals surface area contributed by atoms with E-state index in [1.807, 2.05) is 0 Å². The maximum Gasteiger partial charge on any atom is 0.146 e. The second-order valence-corrected chi connectivity index (χ2v) is 7.14. The van der Waals surface area contributed by atoms with Crippen LogP contribution in [0.5, 0.6) is 5.75 Å². The van der Waals surface area contributed by atoms with Crippen molar-refractivity contribution in [2.45, 2.75) is 19.9 Å². The lowest BCUT2D eigenvalue weighted by atomic mass is 9.98. The van der Waals surface area contributed by atoms with Gasteiger partial charge in [0.05, 0.1) is 17.1 Å². The number of aromatic hydroxyl groups is 1. The van der Waals surface area contributed by atoms with Gasteiger partial charge >= 0.3 is 0 Å². The summed E-state index contributed by atoms with van der Waals surface area (Å²) in [4.78, 5) is 13.8. The van der Waals surface area contributed by atoms with Crippen molar-refractivity contribution < 1.29 is 5.11 Å². The van der Waals surface area contributed by atoms with Crippen LogP contribution in [-0.4, -0.2) is 53.9 Å². The average Bonchev–Trinajstić information content (AvgIpc) is 3.07. The Morgan fingerprint density at radius 2 is 1.96 bits per heavy atom. The molecule has 2 aliphatic rings. The summed E-state index contributed by atoms with van der Waals surface area (Å²) in [5.74, 6) is 0.193. The first-order valence-corrected chi connectivity index (χ1v) is 9.08. The van der Waals surface area contributed by atoms with Gasteiger partial charge in [0.2, 0.25) is 0 Å². The minimum Gasteiger partial charge on any atom is -0.505 e. The highest BCUT2D eigenvalue weighted by Gasteiger charge is 2.24. The van der Waals surface area contributed by atoms with Crippen molar-refractivity contribution >= 4 is 17.1 Å². The van der Waals surface area contributed by atoms with Gasteiger partial charge in [0, 0.05) is 56.6 Å². The predicted octanol–water partition coefficient (Wildman–Crippen LogP) is 1.98. The third-order valence-corrected chi connectivity index (χ3v) is 5.37.